The molecule has 1 saturated heterocycles. The lowest BCUT2D eigenvalue weighted by atomic mass is 10.1. The number of rotatable bonds is 2. The van der Waals surface area contributed by atoms with Crippen molar-refractivity contribution in [2.45, 2.75) is 12.8 Å². The maximum absolute atomic E-state index is 11.7. The first-order valence-corrected chi connectivity index (χ1v) is 6.41. The van der Waals surface area contributed by atoms with Gasteiger partial charge in [0.2, 0.25) is 0 Å². The van der Waals surface area contributed by atoms with Gasteiger partial charge in [-0.1, -0.05) is 11.6 Å². The van der Waals surface area contributed by atoms with Crippen LogP contribution in [0.25, 0.3) is 0 Å². The first kappa shape index (κ1) is 13.7. The van der Waals surface area contributed by atoms with E-state index in [4.69, 9.17) is 22.1 Å². The predicted molar refractivity (Wildman–Crippen MR) is 76.2 cm³/mol. The van der Waals surface area contributed by atoms with Crippen LogP contribution in [0.1, 0.15) is 12.8 Å². The smallest absolute Gasteiger partial charge is 0.323 e. The molecule has 19 heavy (non-hydrogen) atoms. The minimum Gasteiger partial charge on any atom is -0.398 e. The summed E-state index contributed by atoms with van der Waals surface area (Å²) in [7, 11) is 0. The molecule has 4 N–H and O–H groups in total. The molecule has 0 atom stereocenters. The Balaban J connectivity index is 1.88. The van der Waals surface area contributed by atoms with Gasteiger partial charge in [-0.3, -0.25) is 0 Å². The van der Waals surface area contributed by atoms with Gasteiger partial charge >= 0.3 is 6.03 Å². The third-order valence-electron chi connectivity index (χ3n) is 2.80. The molecule has 102 valence electrons. The Labute approximate surface area is 116 Å². The molecule has 0 aliphatic carbocycles. The first-order valence-electron chi connectivity index (χ1n) is 6.03. The second-order valence-corrected chi connectivity index (χ2v) is 4.66. The Bertz CT molecular complexity index is 495. The zero-order valence-electron chi connectivity index (χ0n) is 10.4. The maximum Gasteiger partial charge on any atom is 0.323 e. The molecule has 0 saturated carbocycles. The largest absolute Gasteiger partial charge is 0.398 e. The van der Waals surface area contributed by atoms with Crippen molar-refractivity contribution in [1.29, 1.82) is 0 Å². The van der Waals surface area contributed by atoms with Crippen molar-refractivity contribution < 1.29 is 9.53 Å². The fourth-order valence-electron chi connectivity index (χ4n) is 1.72. The fraction of sp³-hybridized carbons (Fsp3) is 0.308. The number of carbonyl (C=O) groups is 1. The minimum atomic E-state index is -0.306. The lowest BCUT2D eigenvalue weighted by Gasteiger charge is -2.14. The van der Waals surface area contributed by atoms with E-state index in [1.807, 2.05) is 0 Å². The topological polar surface area (TPSA) is 76.4 Å². The molecule has 0 spiro atoms. The zero-order valence-corrected chi connectivity index (χ0v) is 11.2. The van der Waals surface area contributed by atoms with Crippen LogP contribution in [0.5, 0.6) is 0 Å². The van der Waals surface area contributed by atoms with Crippen molar-refractivity contribution in [3.05, 3.63) is 35.0 Å². The number of hydrogen-bond donors (Lipinski definition) is 3. The van der Waals surface area contributed by atoms with Gasteiger partial charge in [-0.2, -0.15) is 0 Å². The lowest BCUT2D eigenvalue weighted by Crippen LogP contribution is -2.25. The second kappa shape index (κ2) is 6.45. The maximum atomic E-state index is 11.7. The van der Waals surface area contributed by atoms with Gasteiger partial charge in [-0.05, 0) is 36.6 Å². The molecule has 6 heteroatoms. The van der Waals surface area contributed by atoms with Crippen LogP contribution in [-0.2, 0) is 4.74 Å². The number of nitrogens with one attached hydrogen (secondary N) is 2. The molecule has 0 radical (unpaired) electrons. The molecule has 2 rings (SSSR count). The highest BCUT2D eigenvalue weighted by Gasteiger charge is 2.06. The highest BCUT2D eigenvalue weighted by atomic mass is 35.5. The van der Waals surface area contributed by atoms with E-state index in [0.29, 0.717) is 29.6 Å². The lowest BCUT2D eigenvalue weighted by molar-refractivity contribution is 0.119. The highest BCUT2D eigenvalue weighted by Crippen LogP contribution is 2.22. The van der Waals surface area contributed by atoms with Crippen LogP contribution in [0, 0.1) is 0 Å². The Hall–Kier alpha value is -1.72. The van der Waals surface area contributed by atoms with Crippen LogP contribution in [0.15, 0.2) is 30.0 Å². The van der Waals surface area contributed by atoms with E-state index in [9.17, 15) is 4.79 Å². The molecule has 1 aromatic rings. The molecule has 1 fully saturated rings. The number of hydrogen-bond acceptors (Lipinski definition) is 3. The van der Waals surface area contributed by atoms with Crippen molar-refractivity contribution in [3.63, 3.8) is 0 Å². The summed E-state index contributed by atoms with van der Waals surface area (Å²) in [6.07, 6.45) is 3.44. The molecule has 0 unspecified atom stereocenters. The van der Waals surface area contributed by atoms with Crippen molar-refractivity contribution in [3.8, 4) is 0 Å². The molecular formula is C13H16ClN3O2. The first-order chi connectivity index (χ1) is 9.15. The molecule has 1 aliphatic rings. The number of halogens is 1. The van der Waals surface area contributed by atoms with E-state index in [1.165, 1.54) is 5.57 Å². The molecule has 0 aromatic heterocycles. The van der Waals surface area contributed by atoms with Gasteiger partial charge in [0.1, 0.15) is 0 Å². The van der Waals surface area contributed by atoms with Gasteiger partial charge in [0, 0.05) is 11.9 Å². The standard InChI is InChI=1S/C13H16ClN3O2/c14-11-7-10(1-2-12(11)15)17-13(18)16-8-9-3-5-19-6-4-9/h1-2,7-8H,3-6,15H2,(H2,16,17,18). The Morgan fingerprint density at radius 2 is 2.11 bits per heavy atom. The number of carbonyl (C=O) groups excluding carboxylic acids is 1. The third kappa shape index (κ3) is 4.15. The number of anilines is 2. The van der Waals surface area contributed by atoms with Gasteiger partial charge < -0.3 is 21.1 Å². The van der Waals surface area contributed by atoms with Gasteiger partial charge in [-0.25, -0.2) is 4.79 Å². The van der Waals surface area contributed by atoms with E-state index in [1.54, 1.807) is 24.4 Å². The Morgan fingerprint density at radius 3 is 2.79 bits per heavy atom. The number of ether oxygens (including phenoxy) is 1. The second-order valence-electron chi connectivity index (χ2n) is 4.25. The van der Waals surface area contributed by atoms with Gasteiger partial charge in [0.05, 0.1) is 23.9 Å². The van der Waals surface area contributed by atoms with Crippen LogP contribution < -0.4 is 16.4 Å². The summed E-state index contributed by atoms with van der Waals surface area (Å²) in [5.41, 5.74) is 7.85. The van der Waals surface area contributed by atoms with Gasteiger partial charge in [-0.15, -0.1) is 0 Å². The minimum absolute atomic E-state index is 0.306. The summed E-state index contributed by atoms with van der Waals surface area (Å²) in [5.74, 6) is 0. The third-order valence-corrected chi connectivity index (χ3v) is 3.13. The van der Waals surface area contributed by atoms with E-state index >= 15 is 0 Å². The summed E-state index contributed by atoms with van der Waals surface area (Å²) in [6, 6.07) is 4.65. The number of urea groups is 1. The monoisotopic (exact) mass is 281 g/mol. The van der Waals surface area contributed by atoms with Gasteiger partial charge in [0.25, 0.3) is 0 Å². The quantitative estimate of drug-likeness (QED) is 0.730. The van der Waals surface area contributed by atoms with Crippen molar-refractivity contribution in [2.24, 2.45) is 0 Å². The SMILES string of the molecule is Nc1ccc(NC(=O)NC=C2CCOCC2)cc1Cl. The van der Waals surface area contributed by atoms with Crippen LogP contribution >= 0.6 is 11.6 Å². The van der Waals surface area contributed by atoms with Crippen LogP contribution in [0.3, 0.4) is 0 Å². The molecule has 2 amide bonds. The predicted octanol–water partition coefficient (Wildman–Crippen LogP) is 2.74. The van der Waals surface area contributed by atoms with Crippen molar-refractivity contribution in [2.75, 3.05) is 24.3 Å². The summed E-state index contributed by atoms with van der Waals surface area (Å²) >= 11 is 5.87. The van der Waals surface area contributed by atoms with E-state index < -0.39 is 0 Å². The number of nitrogens with two attached hydrogens (primary N) is 1. The van der Waals surface area contributed by atoms with Crippen LogP contribution in [-0.4, -0.2) is 19.2 Å². The molecule has 0 bridgehead atoms. The molecule has 1 heterocycles. The number of benzene rings is 1. The highest BCUT2D eigenvalue weighted by molar-refractivity contribution is 6.33. The number of amides is 2. The van der Waals surface area contributed by atoms with E-state index in [0.717, 1.165) is 12.8 Å². The Kier molecular flexibility index (Phi) is 4.65. The Morgan fingerprint density at radius 1 is 1.37 bits per heavy atom. The summed E-state index contributed by atoms with van der Waals surface area (Å²) in [6.45, 7) is 1.42. The number of nitrogen functional groups attached to an aromatic ring is 1. The summed E-state index contributed by atoms with van der Waals surface area (Å²) in [4.78, 5) is 11.7. The zero-order chi connectivity index (χ0) is 13.7. The fourth-order valence-corrected chi connectivity index (χ4v) is 1.90. The normalized spacial score (nSPS) is 14.9. The molecule has 1 aromatic carbocycles. The van der Waals surface area contributed by atoms with Crippen molar-refractivity contribution in [1.82, 2.24) is 5.32 Å². The average molecular weight is 282 g/mol. The van der Waals surface area contributed by atoms with Crippen molar-refractivity contribution >= 4 is 29.0 Å². The van der Waals surface area contributed by atoms with E-state index in [-0.39, 0.29) is 6.03 Å². The molecule has 5 nitrogen and oxygen atoms in total. The molecular weight excluding hydrogens is 266 g/mol. The van der Waals surface area contributed by atoms with E-state index in [2.05, 4.69) is 10.6 Å². The van der Waals surface area contributed by atoms with Gasteiger partial charge in [0.15, 0.2) is 0 Å². The van der Waals surface area contributed by atoms with Crippen LogP contribution in [0.2, 0.25) is 5.02 Å². The summed E-state index contributed by atoms with van der Waals surface area (Å²) in [5, 5.41) is 5.79. The average Bonchev–Trinajstić information content (AvgIpc) is 2.42. The van der Waals surface area contributed by atoms with Crippen LogP contribution in [0.4, 0.5) is 16.2 Å². The summed E-state index contributed by atoms with van der Waals surface area (Å²) < 4.78 is 5.23. The molecule has 1 aliphatic heterocycles.